The zero-order valence-electron chi connectivity index (χ0n) is 15.9. The van der Waals surface area contributed by atoms with Crippen molar-refractivity contribution in [3.05, 3.63) is 58.9 Å². The van der Waals surface area contributed by atoms with Crippen molar-refractivity contribution < 1.29 is 4.79 Å². The molecule has 0 bridgehead atoms. The van der Waals surface area contributed by atoms with Crippen LogP contribution in [0, 0.1) is 19.8 Å². The first-order valence-electron chi connectivity index (χ1n) is 9.23. The molecule has 1 amide bonds. The molecule has 3 rings (SSSR count). The number of piperidine rings is 1. The smallest absolute Gasteiger partial charge is 0.255 e. The van der Waals surface area contributed by atoms with E-state index in [0.29, 0.717) is 5.92 Å². The number of benzene rings is 1. The number of hydrogen-bond donors (Lipinski definition) is 1. The van der Waals surface area contributed by atoms with Crippen LogP contribution in [0.4, 0.5) is 0 Å². The average Bonchev–Trinajstić information content (AvgIpc) is 2.90. The van der Waals surface area contributed by atoms with Gasteiger partial charge >= 0.3 is 0 Å². The van der Waals surface area contributed by atoms with E-state index in [9.17, 15) is 4.79 Å². The van der Waals surface area contributed by atoms with Gasteiger partial charge < -0.3 is 15.2 Å². The first kappa shape index (κ1) is 20.5. The molecule has 1 aromatic carbocycles. The number of carbonyl (C=O) groups is 1. The molecule has 0 saturated carbocycles. The molecule has 0 radical (unpaired) electrons. The number of aryl methyl sites for hydroxylation is 1. The van der Waals surface area contributed by atoms with Crippen molar-refractivity contribution in [3.63, 3.8) is 0 Å². The topological polar surface area (TPSA) is 51.3 Å². The minimum atomic E-state index is 0. The molecule has 2 atom stereocenters. The summed E-state index contributed by atoms with van der Waals surface area (Å²) in [6, 6.07) is 12.6. The van der Waals surface area contributed by atoms with Gasteiger partial charge in [-0.25, -0.2) is 0 Å². The van der Waals surface area contributed by atoms with Crippen molar-refractivity contribution in [3.8, 4) is 0 Å². The molecule has 1 saturated heterocycles. The highest BCUT2D eigenvalue weighted by molar-refractivity contribution is 5.95. The normalized spacial score (nSPS) is 18.3. The van der Waals surface area contributed by atoms with Crippen molar-refractivity contribution in [2.45, 2.75) is 46.2 Å². The second kappa shape index (κ2) is 8.74. The molecule has 26 heavy (non-hydrogen) atoms. The summed E-state index contributed by atoms with van der Waals surface area (Å²) in [6.45, 7) is 8.59. The van der Waals surface area contributed by atoms with Crippen molar-refractivity contribution in [2.24, 2.45) is 11.7 Å². The Bertz CT molecular complexity index is 739. The monoisotopic (exact) mass is 375 g/mol. The third-order valence-electron chi connectivity index (χ3n) is 5.48. The maximum atomic E-state index is 13.1. The molecule has 2 heterocycles. The van der Waals surface area contributed by atoms with Crippen LogP contribution in [0.3, 0.4) is 0 Å². The Labute approximate surface area is 162 Å². The Morgan fingerprint density at radius 2 is 1.96 bits per heavy atom. The number of nitrogens with zero attached hydrogens (tertiary/aromatic N) is 2. The van der Waals surface area contributed by atoms with Gasteiger partial charge in [-0.15, -0.1) is 12.4 Å². The summed E-state index contributed by atoms with van der Waals surface area (Å²) in [7, 11) is 0. The Morgan fingerprint density at radius 3 is 2.62 bits per heavy atom. The van der Waals surface area contributed by atoms with E-state index in [2.05, 4.69) is 42.7 Å². The van der Waals surface area contributed by atoms with Gasteiger partial charge in [-0.05, 0) is 51.2 Å². The lowest BCUT2D eigenvalue weighted by molar-refractivity contribution is 0.0660. The van der Waals surface area contributed by atoms with E-state index in [0.717, 1.165) is 49.4 Å². The van der Waals surface area contributed by atoms with Crippen LogP contribution in [0.2, 0.25) is 0 Å². The molecule has 2 N–H and O–H groups in total. The van der Waals surface area contributed by atoms with Crippen molar-refractivity contribution in [1.29, 1.82) is 0 Å². The predicted molar refractivity (Wildman–Crippen MR) is 109 cm³/mol. The second-order valence-corrected chi connectivity index (χ2v) is 7.37. The van der Waals surface area contributed by atoms with E-state index in [1.165, 1.54) is 5.56 Å². The van der Waals surface area contributed by atoms with Crippen molar-refractivity contribution >= 4 is 18.3 Å². The van der Waals surface area contributed by atoms with Crippen LogP contribution in [0.1, 0.15) is 47.1 Å². The van der Waals surface area contributed by atoms with Gasteiger partial charge in [0.25, 0.3) is 5.91 Å². The summed E-state index contributed by atoms with van der Waals surface area (Å²) >= 11 is 0. The second-order valence-electron chi connectivity index (χ2n) is 7.37. The van der Waals surface area contributed by atoms with Crippen LogP contribution in [-0.2, 0) is 6.54 Å². The summed E-state index contributed by atoms with van der Waals surface area (Å²) in [5, 5.41) is 0. The molecule has 5 heteroatoms. The van der Waals surface area contributed by atoms with Crippen LogP contribution in [0.5, 0.6) is 0 Å². The van der Waals surface area contributed by atoms with E-state index in [4.69, 9.17) is 5.73 Å². The Kier molecular flexibility index (Phi) is 6.90. The number of carbonyl (C=O) groups excluding carboxylic acids is 1. The van der Waals surface area contributed by atoms with Crippen LogP contribution >= 0.6 is 12.4 Å². The standard InChI is InChI=1S/C21H29N3O.ClH/c1-15-12-20(17(3)24(15)13-18-8-5-4-6-9-18)21(25)23-11-7-10-19(14-23)16(2)22;/h4-6,8-9,12,16,19H,7,10-11,13-14,22H2,1-3H3;1H. The highest BCUT2D eigenvalue weighted by Crippen LogP contribution is 2.24. The van der Waals surface area contributed by atoms with Crippen LogP contribution in [0.25, 0.3) is 0 Å². The lowest BCUT2D eigenvalue weighted by Gasteiger charge is -2.34. The van der Waals surface area contributed by atoms with E-state index < -0.39 is 0 Å². The Hall–Kier alpha value is -1.78. The highest BCUT2D eigenvalue weighted by atomic mass is 35.5. The third-order valence-corrected chi connectivity index (χ3v) is 5.48. The van der Waals surface area contributed by atoms with Crippen LogP contribution in [0.15, 0.2) is 36.4 Å². The average molecular weight is 376 g/mol. The lowest BCUT2D eigenvalue weighted by Crippen LogP contribution is -2.45. The summed E-state index contributed by atoms with van der Waals surface area (Å²) in [5.41, 5.74) is 10.3. The fraction of sp³-hybridized carbons (Fsp3) is 0.476. The number of aromatic nitrogens is 1. The number of hydrogen-bond acceptors (Lipinski definition) is 2. The SMILES string of the molecule is Cc1cc(C(=O)N2CCCC(C(C)N)C2)c(C)n1Cc1ccccc1.Cl. The van der Waals surface area contributed by atoms with Gasteiger partial charge in [0.05, 0.1) is 5.56 Å². The zero-order valence-corrected chi connectivity index (χ0v) is 16.8. The molecule has 1 aliphatic heterocycles. The number of nitrogens with two attached hydrogens (primary N) is 1. The molecule has 2 unspecified atom stereocenters. The Balaban J connectivity index is 0.00000243. The molecule has 142 valence electrons. The first-order valence-corrected chi connectivity index (χ1v) is 9.23. The molecule has 1 fully saturated rings. The quantitative estimate of drug-likeness (QED) is 0.884. The maximum Gasteiger partial charge on any atom is 0.255 e. The molecule has 4 nitrogen and oxygen atoms in total. The van der Waals surface area contributed by atoms with E-state index >= 15 is 0 Å². The maximum absolute atomic E-state index is 13.1. The van der Waals surface area contributed by atoms with E-state index in [1.807, 2.05) is 24.0 Å². The summed E-state index contributed by atoms with van der Waals surface area (Å²) < 4.78 is 2.23. The Morgan fingerprint density at radius 1 is 1.27 bits per heavy atom. The van der Waals surface area contributed by atoms with Gasteiger partial charge in [-0.2, -0.15) is 0 Å². The summed E-state index contributed by atoms with van der Waals surface area (Å²) in [6.07, 6.45) is 2.16. The molecule has 1 aliphatic rings. The van der Waals surface area contributed by atoms with E-state index in [-0.39, 0.29) is 24.4 Å². The van der Waals surface area contributed by atoms with Crippen molar-refractivity contribution in [2.75, 3.05) is 13.1 Å². The number of likely N-dealkylation sites (tertiary alicyclic amines) is 1. The van der Waals surface area contributed by atoms with Gasteiger partial charge in [0.1, 0.15) is 0 Å². The van der Waals surface area contributed by atoms with Crippen LogP contribution in [-0.4, -0.2) is 34.5 Å². The molecule has 0 spiro atoms. The molecular weight excluding hydrogens is 346 g/mol. The zero-order chi connectivity index (χ0) is 18.0. The fourth-order valence-electron chi connectivity index (χ4n) is 3.82. The first-order chi connectivity index (χ1) is 12.0. The number of rotatable bonds is 4. The van der Waals surface area contributed by atoms with Gasteiger partial charge in [0.2, 0.25) is 0 Å². The van der Waals surface area contributed by atoms with Gasteiger partial charge in [-0.1, -0.05) is 30.3 Å². The molecule has 1 aromatic heterocycles. The minimum Gasteiger partial charge on any atom is -0.344 e. The minimum absolute atomic E-state index is 0. The summed E-state index contributed by atoms with van der Waals surface area (Å²) in [5.74, 6) is 0.559. The summed E-state index contributed by atoms with van der Waals surface area (Å²) in [4.78, 5) is 15.1. The van der Waals surface area contributed by atoms with E-state index in [1.54, 1.807) is 0 Å². The van der Waals surface area contributed by atoms with Gasteiger partial charge in [-0.3, -0.25) is 4.79 Å². The van der Waals surface area contributed by atoms with Gasteiger partial charge in [0, 0.05) is 37.1 Å². The highest BCUT2D eigenvalue weighted by Gasteiger charge is 2.28. The van der Waals surface area contributed by atoms with Gasteiger partial charge in [0.15, 0.2) is 0 Å². The number of amides is 1. The molecular formula is C21H30ClN3O. The molecule has 2 aromatic rings. The van der Waals surface area contributed by atoms with Crippen LogP contribution < -0.4 is 5.73 Å². The largest absolute Gasteiger partial charge is 0.344 e. The fourth-order valence-corrected chi connectivity index (χ4v) is 3.82. The molecule has 0 aliphatic carbocycles. The predicted octanol–water partition coefficient (Wildman–Crippen LogP) is 3.77. The number of halogens is 1. The lowest BCUT2D eigenvalue weighted by atomic mass is 9.92. The van der Waals surface area contributed by atoms with Crippen molar-refractivity contribution in [1.82, 2.24) is 9.47 Å². The third kappa shape index (κ3) is 4.30.